The fourth-order valence-corrected chi connectivity index (χ4v) is 5.83. The van der Waals surface area contributed by atoms with E-state index in [2.05, 4.69) is 5.32 Å². The third kappa shape index (κ3) is 6.18. The predicted molar refractivity (Wildman–Crippen MR) is 140 cm³/mol. The van der Waals surface area contributed by atoms with Crippen LogP contribution in [0.2, 0.25) is 0 Å². The number of likely N-dealkylation sites (N-methyl/N-ethyl adjacent to an activating group) is 1. The van der Waals surface area contributed by atoms with Crippen molar-refractivity contribution in [3.63, 3.8) is 0 Å². The molecular formula is C26H35N3O6S. The summed E-state index contributed by atoms with van der Waals surface area (Å²) in [7, 11) is -0.676. The molecule has 0 unspecified atom stereocenters. The number of fused-ring (bicyclic) bond motifs is 1. The van der Waals surface area contributed by atoms with E-state index in [-0.39, 0.29) is 42.3 Å². The average molecular weight is 518 g/mol. The first-order valence-electron chi connectivity index (χ1n) is 11.8. The van der Waals surface area contributed by atoms with Crippen LogP contribution in [0, 0.1) is 5.92 Å². The molecule has 0 aliphatic carbocycles. The molecule has 0 bridgehead atoms. The Hall–Kier alpha value is -3.08. The number of methoxy groups -OCH3 is 1. The summed E-state index contributed by atoms with van der Waals surface area (Å²) in [6.45, 7) is 5.47. The van der Waals surface area contributed by atoms with Gasteiger partial charge in [0, 0.05) is 31.2 Å². The molecule has 0 spiro atoms. The number of ether oxygens (including phenoxy) is 2. The molecule has 9 nitrogen and oxygen atoms in total. The van der Waals surface area contributed by atoms with E-state index in [1.165, 1.54) is 15.3 Å². The van der Waals surface area contributed by atoms with Gasteiger partial charge in [-0.05, 0) is 55.8 Å². The molecule has 0 radical (unpaired) electrons. The molecule has 2 aromatic carbocycles. The highest BCUT2D eigenvalue weighted by Gasteiger charge is 2.38. The molecule has 2 aromatic rings. The molecule has 0 aromatic heterocycles. The number of nitrogens with one attached hydrogen (secondary N) is 1. The zero-order valence-electron chi connectivity index (χ0n) is 21.3. The maximum absolute atomic E-state index is 13.5. The summed E-state index contributed by atoms with van der Waals surface area (Å²) in [5.74, 6) is 0.635. The fraction of sp³-hybridized carbons (Fsp3) is 0.423. The first kappa shape index (κ1) is 27.5. The van der Waals surface area contributed by atoms with Crippen LogP contribution in [-0.4, -0.2) is 74.8 Å². The van der Waals surface area contributed by atoms with E-state index in [4.69, 9.17) is 9.47 Å². The summed E-state index contributed by atoms with van der Waals surface area (Å²) in [4.78, 5) is 14.4. The highest BCUT2D eigenvalue weighted by atomic mass is 32.2. The number of nitrogens with zero attached hydrogens (tertiary/aromatic N) is 2. The van der Waals surface area contributed by atoms with Gasteiger partial charge in [0.2, 0.25) is 10.0 Å². The predicted octanol–water partition coefficient (Wildman–Crippen LogP) is 3.66. The first-order chi connectivity index (χ1) is 17.1. The number of amides is 2. The number of sulfonamides is 1. The second kappa shape index (κ2) is 11.8. The number of anilines is 1. The summed E-state index contributed by atoms with van der Waals surface area (Å²) in [6, 6.07) is 11.0. The number of allylic oxidation sites excluding steroid dienone is 1. The summed E-state index contributed by atoms with van der Waals surface area (Å²) in [5, 5.41) is 12.6. The number of carbonyl (C=O) groups is 1. The average Bonchev–Trinajstić information content (AvgIpc) is 2.86. The summed E-state index contributed by atoms with van der Waals surface area (Å²) in [5.41, 5.74) is 1.42. The van der Waals surface area contributed by atoms with Crippen LogP contribution in [0.4, 0.5) is 10.5 Å². The molecule has 0 saturated heterocycles. The Morgan fingerprint density at radius 1 is 1.31 bits per heavy atom. The van der Waals surface area contributed by atoms with Crippen molar-refractivity contribution < 1.29 is 27.8 Å². The zero-order chi connectivity index (χ0) is 26.5. The van der Waals surface area contributed by atoms with Crippen molar-refractivity contribution in [2.24, 2.45) is 5.92 Å². The van der Waals surface area contributed by atoms with Crippen molar-refractivity contribution in [3.8, 4) is 11.5 Å². The lowest BCUT2D eigenvalue weighted by Crippen LogP contribution is -2.50. The molecule has 10 heteroatoms. The summed E-state index contributed by atoms with van der Waals surface area (Å²) < 4.78 is 39.8. The molecule has 2 N–H and O–H groups in total. The fourth-order valence-electron chi connectivity index (χ4n) is 4.00. The Bertz CT molecular complexity index is 1180. The number of urea groups is 1. The molecular weight excluding hydrogens is 482 g/mol. The van der Waals surface area contributed by atoms with Gasteiger partial charge in [0.05, 0.1) is 20.3 Å². The van der Waals surface area contributed by atoms with Crippen LogP contribution in [0.3, 0.4) is 0 Å². The number of benzene rings is 2. The molecule has 2 amide bonds. The SMILES string of the molecule is C/C=C/c1ccc2c(c1)O[C@H](CN(C)C(=O)Nc1ccc(OC)cc1)[C@H](C)CN([C@@H](C)CO)S2(=O)=O. The largest absolute Gasteiger partial charge is 0.497 e. The van der Waals surface area contributed by atoms with Gasteiger partial charge in [-0.3, -0.25) is 0 Å². The molecule has 36 heavy (non-hydrogen) atoms. The molecule has 1 heterocycles. The van der Waals surface area contributed by atoms with E-state index >= 15 is 0 Å². The van der Waals surface area contributed by atoms with Crippen molar-refractivity contribution in [1.82, 2.24) is 9.21 Å². The standard InChI is InChI=1S/C26H35N3O6S/c1-6-7-20-8-13-25-23(14-20)35-24(18(2)15-29(19(3)17-30)36(25,32)33)16-28(4)26(31)27-21-9-11-22(34-5)12-10-21/h6-14,18-19,24,30H,15-17H2,1-5H3,(H,27,31)/b7-6+/t18-,19+,24-/m1/s1. The summed E-state index contributed by atoms with van der Waals surface area (Å²) >= 11 is 0. The zero-order valence-corrected chi connectivity index (χ0v) is 22.2. The molecule has 1 aliphatic rings. The van der Waals surface area contributed by atoms with Crippen LogP contribution in [0.1, 0.15) is 26.3 Å². The van der Waals surface area contributed by atoms with Gasteiger partial charge in [-0.25, -0.2) is 13.2 Å². The van der Waals surface area contributed by atoms with E-state index in [9.17, 15) is 18.3 Å². The van der Waals surface area contributed by atoms with Crippen LogP contribution in [0.15, 0.2) is 53.4 Å². The Balaban J connectivity index is 1.90. The summed E-state index contributed by atoms with van der Waals surface area (Å²) in [6.07, 6.45) is 3.22. The number of aliphatic hydroxyl groups is 1. The van der Waals surface area contributed by atoms with Crippen LogP contribution in [-0.2, 0) is 10.0 Å². The maximum Gasteiger partial charge on any atom is 0.321 e. The van der Waals surface area contributed by atoms with Gasteiger partial charge in [0.1, 0.15) is 22.5 Å². The lowest BCUT2D eigenvalue weighted by atomic mass is 10.0. The highest BCUT2D eigenvalue weighted by molar-refractivity contribution is 7.89. The molecule has 196 valence electrons. The second-order valence-electron chi connectivity index (χ2n) is 8.99. The molecule has 0 fully saturated rings. The monoisotopic (exact) mass is 517 g/mol. The minimum absolute atomic E-state index is 0.0401. The number of rotatable bonds is 7. The van der Waals surface area contributed by atoms with Crippen molar-refractivity contribution in [2.75, 3.05) is 39.2 Å². The normalized spacial score (nSPS) is 20.5. The van der Waals surface area contributed by atoms with Crippen molar-refractivity contribution >= 4 is 27.8 Å². The van der Waals surface area contributed by atoms with Gasteiger partial charge in [0.25, 0.3) is 0 Å². The Kier molecular flexibility index (Phi) is 8.99. The number of hydrogen-bond donors (Lipinski definition) is 2. The lowest BCUT2D eigenvalue weighted by Gasteiger charge is -2.37. The molecule has 3 atom stereocenters. The minimum atomic E-state index is -3.91. The Labute approximate surface area is 213 Å². The Morgan fingerprint density at radius 2 is 2.00 bits per heavy atom. The van der Waals surface area contributed by atoms with E-state index in [1.54, 1.807) is 57.5 Å². The van der Waals surface area contributed by atoms with Crippen LogP contribution < -0.4 is 14.8 Å². The highest BCUT2D eigenvalue weighted by Crippen LogP contribution is 2.34. The smallest absolute Gasteiger partial charge is 0.321 e. The number of aliphatic hydroxyl groups excluding tert-OH is 1. The quantitative estimate of drug-likeness (QED) is 0.580. The van der Waals surface area contributed by atoms with E-state index in [0.29, 0.717) is 11.4 Å². The molecule has 0 saturated carbocycles. The van der Waals surface area contributed by atoms with Gasteiger partial charge in [-0.1, -0.05) is 25.1 Å². The van der Waals surface area contributed by atoms with Crippen molar-refractivity contribution in [3.05, 3.63) is 54.1 Å². The number of hydrogen-bond acceptors (Lipinski definition) is 6. The van der Waals surface area contributed by atoms with Crippen LogP contribution in [0.25, 0.3) is 6.08 Å². The molecule has 3 rings (SSSR count). The number of carbonyl (C=O) groups excluding carboxylic acids is 1. The third-order valence-electron chi connectivity index (χ3n) is 6.19. The van der Waals surface area contributed by atoms with E-state index in [1.807, 2.05) is 26.0 Å². The first-order valence-corrected chi connectivity index (χ1v) is 13.3. The van der Waals surface area contributed by atoms with Gasteiger partial charge < -0.3 is 24.8 Å². The topological polar surface area (TPSA) is 108 Å². The third-order valence-corrected chi connectivity index (χ3v) is 8.21. The van der Waals surface area contributed by atoms with Gasteiger partial charge in [0.15, 0.2) is 0 Å². The van der Waals surface area contributed by atoms with Gasteiger partial charge in [-0.15, -0.1) is 0 Å². The maximum atomic E-state index is 13.5. The van der Waals surface area contributed by atoms with E-state index in [0.717, 1.165) is 5.56 Å². The van der Waals surface area contributed by atoms with E-state index < -0.39 is 22.2 Å². The minimum Gasteiger partial charge on any atom is -0.497 e. The molecule has 1 aliphatic heterocycles. The van der Waals surface area contributed by atoms with Crippen LogP contribution >= 0.6 is 0 Å². The van der Waals surface area contributed by atoms with Gasteiger partial charge >= 0.3 is 6.03 Å². The van der Waals surface area contributed by atoms with Gasteiger partial charge in [-0.2, -0.15) is 4.31 Å². The van der Waals surface area contributed by atoms with Crippen LogP contribution in [0.5, 0.6) is 11.5 Å². The van der Waals surface area contributed by atoms with Crippen molar-refractivity contribution in [2.45, 2.75) is 37.8 Å². The van der Waals surface area contributed by atoms with Crippen molar-refractivity contribution in [1.29, 1.82) is 0 Å². The lowest BCUT2D eigenvalue weighted by molar-refractivity contribution is 0.0830. The second-order valence-corrected chi connectivity index (χ2v) is 10.8. The Morgan fingerprint density at radius 3 is 2.61 bits per heavy atom.